The maximum absolute atomic E-state index is 13.4. The highest BCUT2D eigenvalue weighted by Gasteiger charge is 2.26. The molecule has 1 fully saturated rings. The van der Waals surface area contributed by atoms with Crippen LogP contribution in [0.1, 0.15) is 67.5 Å². The van der Waals surface area contributed by atoms with Crippen molar-refractivity contribution in [3.05, 3.63) is 81.1 Å². The summed E-state index contributed by atoms with van der Waals surface area (Å²) in [7, 11) is 1.42. The minimum atomic E-state index is -0.938. The normalized spacial score (nSPS) is 13.9. The highest BCUT2D eigenvalue weighted by atomic mass is 16.5. The molecule has 7 rings (SSSR count). The molecule has 0 atom stereocenters. The van der Waals surface area contributed by atoms with Crippen LogP contribution in [-0.4, -0.2) is 54.8 Å². The van der Waals surface area contributed by atoms with E-state index < -0.39 is 17.3 Å². The van der Waals surface area contributed by atoms with Gasteiger partial charge in [-0.3, -0.25) is 0 Å². The number of H-pyrrole nitrogens is 1. The predicted octanol–water partition coefficient (Wildman–Crippen LogP) is 3.48. The Labute approximate surface area is 249 Å². The van der Waals surface area contributed by atoms with Crippen molar-refractivity contribution in [2.75, 3.05) is 0 Å². The summed E-state index contributed by atoms with van der Waals surface area (Å²) in [5.74, 6) is -1.03. The number of phenols is 1. The molecule has 0 radical (unpaired) electrons. The van der Waals surface area contributed by atoms with Gasteiger partial charge in [-0.05, 0) is 54.7 Å². The third kappa shape index (κ3) is 4.37. The Morgan fingerprint density at radius 3 is 2.68 bits per heavy atom. The summed E-state index contributed by atoms with van der Waals surface area (Å²) in [6, 6.07) is 11.2. The van der Waals surface area contributed by atoms with E-state index in [1.54, 1.807) is 6.07 Å². The van der Waals surface area contributed by atoms with Crippen LogP contribution in [0, 0.1) is 0 Å². The quantitative estimate of drug-likeness (QED) is 0.216. The molecule has 0 bridgehead atoms. The molecule has 14 heteroatoms. The number of esters is 1. The van der Waals surface area contributed by atoms with Crippen LogP contribution in [0.5, 0.6) is 11.5 Å². The smallest absolute Gasteiger partial charge is 0.366 e. The average Bonchev–Trinajstić information content (AvgIpc) is 3.80. The number of carbonyl (C=O) groups is 1. The van der Waals surface area contributed by atoms with Gasteiger partial charge in [0.05, 0.1) is 11.3 Å². The Hall–Kier alpha value is -5.53. The number of ether oxygens (including phenoxy) is 1. The van der Waals surface area contributed by atoms with E-state index in [-0.39, 0.29) is 40.1 Å². The number of nitrogens with one attached hydrogen (secondary N) is 1. The van der Waals surface area contributed by atoms with Gasteiger partial charge in [-0.1, -0.05) is 31.9 Å². The van der Waals surface area contributed by atoms with Crippen LogP contribution in [0.15, 0.2) is 58.5 Å². The lowest BCUT2D eigenvalue weighted by Crippen LogP contribution is -2.27. The van der Waals surface area contributed by atoms with Crippen molar-refractivity contribution in [2.45, 2.75) is 51.5 Å². The van der Waals surface area contributed by atoms with Gasteiger partial charge in [0, 0.05) is 36.3 Å². The van der Waals surface area contributed by atoms with Crippen LogP contribution in [0.2, 0.25) is 0 Å². The summed E-state index contributed by atoms with van der Waals surface area (Å²) in [6.07, 6.45) is 7.98. The van der Waals surface area contributed by atoms with Gasteiger partial charge in [-0.2, -0.15) is 9.78 Å². The third-order valence-corrected chi connectivity index (χ3v) is 8.24. The third-order valence-electron chi connectivity index (χ3n) is 8.24. The molecule has 44 heavy (non-hydrogen) atoms. The number of phenolic OH excluding ortho intramolecular Hbond substituents is 1. The predicted molar refractivity (Wildman–Crippen MR) is 159 cm³/mol. The lowest BCUT2D eigenvalue weighted by molar-refractivity contribution is 0.0731. The van der Waals surface area contributed by atoms with Crippen LogP contribution in [-0.2, 0) is 7.05 Å². The Balaban J connectivity index is 1.33. The van der Waals surface area contributed by atoms with Crippen molar-refractivity contribution in [3.63, 3.8) is 0 Å². The number of nitrogens with zero attached hydrogens (tertiary/aromatic N) is 8. The zero-order chi connectivity index (χ0) is 30.7. The zero-order valence-corrected chi connectivity index (χ0v) is 24.3. The molecule has 0 saturated heterocycles. The highest BCUT2D eigenvalue weighted by molar-refractivity contribution is 5.96. The van der Waals surface area contributed by atoms with Crippen molar-refractivity contribution in [1.29, 1.82) is 0 Å². The Kier molecular flexibility index (Phi) is 6.41. The molecule has 1 aliphatic carbocycles. The summed E-state index contributed by atoms with van der Waals surface area (Å²) in [5, 5.41) is 26.3. The average molecular weight is 596 g/mol. The molecule has 4 aromatic heterocycles. The zero-order valence-electron chi connectivity index (χ0n) is 24.3. The van der Waals surface area contributed by atoms with Gasteiger partial charge in [0.25, 0.3) is 0 Å². The number of hydrogen-bond donors (Lipinski definition) is 2. The van der Waals surface area contributed by atoms with Gasteiger partial charge in [0.1, 0.15) is 17.8 Å². The number of carbonyl (C=O) groups excluding carboxylic acids is 1. The molecule has 2 N–H and O–H groups in total. The van der Waals surface area contributed by atoms with Crippen molar-refractivity contribution >= 4 is 22.5 Å². The standard InChI is InChI=1S/C30H29N9O5/c1-16(2)20-13-21(24(14-23(20)40)44-28(41)25-27-33-35-36(3)30(43)38(27)15-31-25)26-32-34-29(42)39(26)19-8-9-22-17(12-19)10-11-37(22)18-6-4-5-7-18/h8-16,18,40H,4-7H2,1-3H3,(H,34,42). The lowest BCUT2D eigenvalue weighted by Gasteiger charge is -2.16. The molecule has 2 aromatic carbocycles. The van der Waals surface area contributed by atoms with Crippen LogP contribution in [0.4, 0.5) is 0 Å². The van der Waals surface area contributed by atoms with Crippen LogP contribution in [0.3, 0.4) is 0 Å². The summed E-state index contributed by atoms with van der Waals surface area (Å²) in [5.41, 5.74) is 1.14. The van der Waals surface area contributed by atoms with E-state index >= 15 is 0 Å². The number of fused-ring (bicyclic) bond motifs is 2. The van der Waals surface area contributed by atoms with E-state index in [0.717, 1.165) is 39.2 Å². The molecule has 224 valence electrons. The number of aromatic hydroxyl groups is 1. The summed E-state index contributed by atoms with van der Waals surface area (Å²) in [4.78, 5) is 43.0. The molecule has 0 aliphatic heterocycles. The maximum Gasteiger partial charge on any atom is 0.366 e. The van der Waals surface area contributed by atoms with Crippen LogP contribution < -0.4 is 16.1 Å². The van der Waals surface area contributed by atoms with Gasteiger partial charge < -0.3 is 14.4 Å². The molecule has 14 nitrogen and oxygen atoms in total. The number of benzene rings is 2. The summed E-state index contributed by atoms with van der Waals surface area (Å²) < 4.78 is 11.5. The fraction of sp³-hybridized carbons (Fsp3) is 0.300. The van der Waals surface area contributed by atoms with E-state index in [9.17, 15) is 19.5 Å². The van der Waals surface area contributed by atoms with E-state index in [2.05, 4.69) is 36.3 Å². The number of rotatable bonds is 6. The molecule has 0 spiro atoms. The molecular weight excluding hydrogens is 566 g/mol. The van der Waals surface area contributed by atoms with Crippen molar-refractivity contribution in [3.8, 4) is 28.6 Å². The number of aromatic amines is 1. The number of imidazole rings is 1. The van der Waals surface area contributed by atoms with E-state index in [1.807, 2.05) is 38.1 Å². The lowest BCUT2D eigenvalue weighted by atomic mass is 9.98. The largest absolute Gasteiger partial charge is 0.508 e. The van der Waals surface area contributed by atoms with E-state index in [1.165, 1.54) is 30.5 Å². The molecule has 1 saturated carbocycles. The first-order valence-electron chi connectivity index (χ1n) is 14.4. The molecular formula is C30H29N9O5. The second-order valence-corrected chi connectivity index (χ2v) is 11.3. The first kappa shape index (κ1) is 27.3. The SMILES string of the molecule is CC(C)c1cc(-c2n[nH]c(=O)n2-c2ccc3c(ccn3C3CCCC3)c2)c(OC(=O)c2ncn3c(=O)n(C)nnc23)cc1O. The first-order valence-corrected chi connectivity index (χ1v) is 14.4. The second-order valence-electron chi connectivity index (χ2n) is 11.3. The molecule has 0 amide bonds. The Morgan fingerprint density at radius 2 is 1.91 bits per heavy atom. The Bertz CT molecular complexity index is 2190. The van der Waals surface area contributed by atoms with Gasteiger partial charge in [0.2, 0.25) is 0 Å². The van der Waals surface area contributed by atoms with Crippen molar-refractivity contribution in [1.82, 2.24) is 43.7 Å². The topological polar surface area (TPSA) is 167 Å². The van der Waals surface area contributed by atoms with E-state index in [4.69, 9.17) is 4.74 Å². The number of aryl methyl sites for hydroxylation is 1. The van der Waals surface area contributed by atoms with Gasteiger partial charge in [-0.15, -0.1) is 5.10 Å². The maximum atomic E-state index is 13.4. The van der Waals surface area contributed by atoms with Gasteiger partial charge >= 0.3 is 17.3 Å². The Morgan fingerprint density at radius 1 is 1.11 bits per heavy atom. The van der Waals surface area contributed by atoms with Crippen LogP contribution in [0.25, 0.3) is 33.6 Å². The van der Waals surface area contributed by atoms with Crippen molar-refractivity contribution < 1.29 is 14.6 Å². The number of aromatic nitrogens is 9. The number of hydrogen-bond acceptors (Lipinski definition) is 9. The molecule has 4 heterocycles. The summed E-state index contributed by atoms with van der Waals surface area (Å²) >= 11 is 0. The fourth-order valence-corrected chi connectivity index (χ4v) is 5.99. The molecule has 1 aliphatic rings. The molecule has 0 unspecified atom stereocenters. The second kappa shape index (κ2) is 10.3. The molecule has 6 aromatic rings. The fourth-order valence-electron chi connectivity index (χ4n) is 5.99. The van der Waals surface area contributed by atoms with Gasteiger partial charge in [-0.25, -0.2) is 33.4 Å². The minimum Gasteiger partial charge on any atom is -0.508 e. The van der Waals surface area contributed by atoms with E-state index in [0.29, 0.717) is 17.3 Å². The summed E-state index contributed by atoms with van der Waals surface area (Å²) in [6.45, 7) is 3.81. The monoisotopic (exact) mass is 595 g/mol. The van der Waals surface area contributed by atoms with Crippen molar-refractivity contribution in [2.24, 2.45) is 7.05 Å². The minimum absolute atomic E-state index is 0.0662. The first-order chi connectivity index (χ1) is 21.2. The van der Waals surface area contributed by atoms with Gasteiger partial charge in [0.15, 0.2) is 17.2 Å². The van der Waals surface area contributed by atoms with Crippen LogP contribution >= 0.6 is 0 Å². The highest BCUT2D eigenvalue weighted by Crippen LogP contribution is 2.39.